The molecule has 162 valence electrons. The summed E-state index contributed by atoms with van der Waals surface area (Å²) in [6.07, 6.45) is 8.56. The zero-order valence-corrected chi connectivity index (χ0v) is 18.3. The van der Waals surface area contributed by atoms with Gasteiger partial charge in [-0.25, -0.2) is 0 Å². The Labute approximate surface area is 188 Å². The molecule has 0 unspecified atom stereocenters. The lowest BCUT2D eigenvalue weighted by molar-refractivity contribution is -0.115. The van der Waals surface area contributed by atoms with Crippen molar-refractivity contribution in [2.75, 3.05) is 12.4 Å². The Morgan fingerprint density at radius 1 is 1.03 bits per heavy atom. The van der Waals surface area contributed by atoms with Crippen LogP contribution in [0.5, 0.6) is 5.75 Å². The molecule has 3 rings (SSSR count). The van der Waals surface area contributed by atoms with Crippen molar-refractivity contribution >= 4 is 40.9 Å². The molecule has 1 aliphatic rings. The summed E-state index contributed by atoms with van der Waals surface area (Å²) >= 11 is 5.27. The Bertz CT molecular complexity index is 968. The van der Waals surface area contributed by atoms with Crippen LogP contribution in [0.1, 0.15) is 48.0 Å². The molecule has 1 saturated carbocycles. The van der Waals surface area contributed by atoms with Crippen molar-refractivity contribution < 1.29 is 14.3 Å². The molecular weight excluding hydrogens is 410 g/mol. The molecule has 0 aromatic heterocycles. The van der Waals surface area contributed by atoms with Crippen LogP contribution in [0.15, 0.2) is 54.6 Å². The van der Waals surface area contributed by atoms with Gasteiger partial charge in [-0.3, -0.25) is 14.9 Å². The zero-order chi connectivity index (χ0) is 22.1. The van der Waals surface area contributed by atoms with Gasteiger partial charge in [0.05, 0.1) is 18.4 Å². The molecule has 31 heavy (non-hydrogen) atoms. The van der Waals surface area contributed by atoms with Crippen molar-refractivity contribution in [2.45, 2.75) is 38.1 Å². The Kier molecular flexibility index (Phi) is 8.18. The topological polar surface area (TPSA) is 79.5 Å². The maximum Gasteiger partial charge on any atom is 0.253 e. The maximum absolute atomic E-state index is 12.8. The number of hydrogen-bond donors (Lipinski definition) is 3. The van der Waals surface area contributed by atoms with E-state index in [1.165, 1.54) is 12.5 Å². The summed E-state index contributed by atoms with van der Waals surface area (Å²) in [7, 11) is 1.58. The molecule has 2 aromatic carbocycles. The molecule has 1 aliphatic carbocycles. The summed E-state index contributed by atoms with van der Waals surface area (Å²) in [6.45, 7) is 0. The van der Waals surface area contributed by atoms with Gasteiger partial charge in [0.1, 0.15) is 5.75 Å². The minimum absolute atomic E-state index is 0.118. The first-order valence-corrected chi connectivity index (χ1v) is 10.8. The highest BCUT2D eigenvalue weighted by Gasteiger charge is 2.18. The molecular formula is C24H27N3O3S. The minimum atomic E-state index is -0.382. The van der Waals surface area contributed by atoms with E-state index in [1.807, 2.05) is 30.3 Å². The van der Waals surface area contributed by atoms with E-state index in [0.717, 1.165) is 31.2 Å². The van der Waals surface area contributed by atoms with E-state index in [4.69, 9.17) is 17.0 Å². The third kappa shape index (κ3) is 6.65. The van der Waals surface area contributed by atoms with Crippen molar-refractivity contribution in [1.29, 1.82) is 0 Å². The lowest BCUT2D eigenvalue weighted by atomic mass is 9.95. The largest absolute Gasteiger partial charge is 0.496 e. The average molecular weight is 438 g/mol. The zero-order valence-electron chi connectivity index (χ0n) is 17.5. The lowest BCUT2D eigenvalue weighted by Gasteiger charge is -2.23. The van der Waals surface area contributed by atoms with Crippen molar-refractivity contribution in [3.8, 4) is 5.75 Å². The normalized spacial score (nSPS) is 14.1. The first kappa shape index (κ1) is 22.5. The second-order valence-corrected chi connectivity index (χ2v) is 7.78. The van der Waals surface area contributed by atoms with Gasteiger partial charge in [0.2, 0.25) is 5.91 Å². The molecule has 0 bridgehead atoms. The van der Waals surface area contributed by atoms with Gasteiger partial charge in [-0.2, -0.15) is 0 Å². The number of rotatable bonds is 6. The SMILES string of the molecule is COc1ccccc1/C=C\C(=O)NC(=S)Nc1ccccc1C(=O)NC1CCCCC1. The number of anilines is 1. The van der Waals surface area contributed by atoms with Crippen molar-refractivity contribution in [2.24, 2.45) is 0 Å². The highest BCUT2D eigenvalue weighted by molar-refractivity contribution is 7.80. The van der Waals surface area contributed by atoms with Gasteiger partial charge in [0, 0.05) is 17.7 Å². The summed E-state index contributed by atoms with van der Waals surface area (Å²) < 4.78 is 5.27. The molecule has 0 heterocycles. The maximum atomic E-state index is 12.8. The molecule has 6 nitrogen and oxygen atoms in total. The Balaban J connectivity index is 1.59. The van der Waals surface area contributed by atoms with E-state index < -0.39 is 0 Å². The quantitative estimate of drug-likeness (QED) is 0.464. The molecule has 0 radical (unpaired) electrons. The third-order valence-corrected chi connectivity index (χ3v) is 5.35. The van der Waals surface area contributed by atoms with Crippen LogP contribution in [-0.4, -0.2) is 30.1 Å². The number of methoxy groups -OCH3 is 1. The van der Waals surface area contributed by atoms with Gasteiger partial charge in [-0.15, -0.1) is 0 Å². The van der Waals surface area contributed by atoms with Crippen molar-refractivity contribution in [3.63, 3.8) is 0 Å². The van der Waals surface area contributed by atoms with E-state index in [2.05, 4.69) is 16.0 Å². The van der Waals surface area contributed by atoms with E-state index in [0.29, 0.717) is 17.0 Å². The van der Waals surface area contributed by atoms with E-state index in [-0.39, 0.29) is 23.0 Å². The number of nitrogens with one attached hydrogen (secondary N) is 3. The van der Waals surface area contributed by atoms with Gasteiger partial charge in [0.15, 0.2) is 5.11 Å². The van der Waals surface area contributed by atoms with Crippen molar-refractivity contribution in [1.82, 2.24) is 10.6 Å². The lowest BCUT2D eigenvalue weighted by Crippen LogP contribution is -2.37. The van der Waals surface area contributed by atoms with E-state index >= 15 is 0 Å². The van der Waals surface area contributed by atoms with E-state index in [1.54, 1.807) is 31.4 Å². The third-order valence-electron chi connectivity index (χ3n) is 5.15. The van der Waals surface area contributed by atoms with Crippen LogP contribution >= 0.6 is 12.2 Å². The van der Waals surface area contributed by atoms with Crippen LogP contribution in [0.25, 0.3) is 6.08 Å². The summed E-state index contributed by atoms with van der Waals surface area (Å²) in [4.78, 5) is 25.0. The van der Waals surface area contributed by atoms with Gasteiger partial charge in [-0.05, 0) is 49.3 Å². The number of para-hydroxylation sites is 2. The molecule has 2 amide bonds. The Morgan fingerprint density at radius 3 is 2.52 bits per heavy atom. The molecule has 7 heteroatoms. The fourth-order valence-electron chi connectivity index (χ4n) is 3.58. The number of amides is 2. The minimum Gasteiger partial charge on any atom is -0.496 e. The second kappa shape index (κ2) is 11.3. The second-order valence-electron chi connectivity index (χ2n) is 7.37. The first-order chi connectivity index (χ1) is 15.1. The number of benzene rings is 2. The molecule has 0 saturated heterocycles. The fourth-order valence-corrected chi connectivity index (χ4v) is 3.79. The monoisotopic (exact) mass is 437 g/mol. The van der Waals surface area contributed by atoms with E-state index in [9.17, 15) is 9.59 Å². The van der Waals surface area contributed by atoms with Gasteiger partial charge in [0.25, 0.3) is 5.91 Å². The average Bonchev–Trinajstić information content (AvgIpc) is 2.78. The van der Waals surface area contributed by atoms with Crippen LogP contribution < -0.4 is 20.7 Å². The number of carbonyl (C=O) groups excluding carboxylic acids is 2. The summed E-state index contributed by atoms with van der Waals surface area (Å²) in [5, 5.41) is 8.79. The predicted molar refractivity (Wildman–Crippen MR) is 127 cm³/mol. The molecule has 2 aromatic rings. The first-order valence-electron chi connectivity index (χ1n) is 10.4. The smallest absolute Gasteiger partial charge is 0.253 e. The van der Waals surface area contributed by atoms with Crippen LogP contribution in [0.4, 0.5) is 5.69 Å². The molecule has 0 spiro atoms. The molecule has 0 aliphatic heterocycles. The number of carbonyl (C=O) groups is 2. The van der Waals surface area contributed by atoms with Crippen LogP contribution in [0.3, 0.4) is 0 Å². The predicted octanol–water partition coefficient (Wildman–Crippen LogP) is 4.28. The fraction of sp³-hybridized carbons (Fsp3) is 0.292. The van der Waals surface area contributed by atoms with Crippen molar-refractivity contribution in [3.05, 3.63) is 65.7 Å². The number of ether oxygens (including phenoxy) is 1. The van der Waals surface area contributed by atoms with Crippen LogP contribution in [0.2, 0.25) is 0 Å². The van der Waals surface area contributed by atoms with Gasteiger partial charge in [-0.1, -0.05) is 49.6 Å². The number of thiocarbonyl (C=S) groups is 1. The highest BCUT2D eigenvalue weighted by Crippen LogP contribution is 2.20. The Hall–Kier alpha value is -3.19. The Morgan fingerprint density at radius 2 is 1.74 bits per heavy atom. The summed E-state index contributed by atoms with van der Waals surface area (Å²) in [5.74, 6) is 0.151. The highest BCUT2D eigenvalue weighted by atomic mass is 32.1. The van der Waals surface area contributed by atoms with Gasteiger partial charge < -0.3 is 15.4 Å². The standard InChI is InChI=1S/C24H27N3O3S/c1-30-21-14-8-5-9-17(21)15-16-22(28)27-24(31)26-20-13-7-6-12-19(20)23(29)25-18-10-3-2-4-11-18/h5-9,12-16,18H,2-4,10-11H2,1H3,(H,25,29)(H2,26,27,28,31)/b16-15-. The van der Waals surface area contributed by atoms with Crippen LogP contribution in [0, 0.1) is 0 Å². The molecule has 0 atom stereocenters. The summed E-state index contributed by atoms with van der Waals surface area (Å²) in [6, 6.07) is 14.7. The molecule has 1 fully saturated rings. The van der Waals surface area contributed by atoms with Gasteiger partial charge >= 0.3 is 0 Å². The van der Waals surface area contributed by atoms with Crippen LogP contribution in [-0.2, 0) is 4.79 Å². The summed E-state index contributed by atoms with van der Waals surface area (Å²) in [5.41, 5.74) is 1.83. The number of hydrogen-bond acceptors (Lipinski definition) is 4. The molecule has 3 N–H and O–H groups in total.